The van der Waals surface area contributed by atoms with Crippen molar-refractivity contribution in [1.29, 1.82) is 0 Å². The summed E-state index contributed by atoms with van der Waals surface area (Å²) >= 11 is 0. The number of oxazole rings is 1. The van der Waals surface area contributed by atoms with Gasteiger partial charge in [0.25, 0.3) is 0 Å². The highest BCUT2D eigenvalue weighted by molar-refractivity contribution is 6.06. The molecular weight excluding hydrogens is 568 g/mol. The molecule has 46 heavy (non-hydrogen) atoms. The highest BCUT2D eigenvalue weighted by Crippen LogP contribution is 2.38. The van der Waals surface area contributed by atoms with E-state index in [1.54, 1.807) is 0 Å². The Bertz CT molecular complexity index is 2540. The van der Waals surface area contributed by atoms with E-state index < -0.39 is 0 Å². The monoisotopic (exact) mass is 592 g/mol. The van der Waals surface area contributed by atoms with E-state index in [0.717, 1.165) is 60.8 Å². The number of benzene rings is 6. The summed E-state index contributed by atoms with van der Waals surface area (Å²) in [5, 5.41) is 2.07. The molecule has 9 aromatic rings. The number of hydrogen-bond acceptors (Lipinski definition) is 6. The molecule has 3 aromatic heterocycles. The van der Waals surface area contributed by atoms with Gasteiger partial charge in [0.1, 0.15) is 16.7 Å². The number of rotatable bonds is 5. The van der Waals surface area contributed by atoms with Crippen molar-refractivity contribution in [2.75, 3.05) is 0 Å². The van der Waals surface area contributed by atoms with Crippen LogP contribution in [0.1, 0.15) is 0 Å². The van der Waals surface area contributed by atoms with Crippen LogP contribution in [0.5, 0.6) is 0 Å². The van der Waals surface area contributed by atoms with E-state index in [1.807, 2.05) is 121 Å². The number of para-hydroxylation sites is 2. The molecule has 0 aliphatic carbocycles. The van der Waals surface area contributed by atoms with Crippen LogP contribution in [-0.4, -0.2) is 19.9 Å². The fraction of sp³-hybridized carbons (Fsp3) is 0. The Hall–Kier alpha value is -6.40. The van der Waals surface area contributed by atoms with E-state index in [1.165, 1.54) is 0 Å². The van der Waals surface area contributed by atoms with Crippen LogP contribution in [0.2, 0.25) is 0 Å². The Labute approximate surface area is 263 Å². The van der Waals surface area contributed by atoms with Crippen molar-refractivity contribution in [3.05, 3.63) is 146 Å². The lowest BCUT2D eigenvalue weighted by Gasteiger charge is -2.12. The molecule has 3 heterocycles. The normalized spacial score (nSPS) is 11.5. The summed E-state index contributed by atoms with van der Waals surface area (Å²) in [4.78, 5) is 19.9. The van der Waals surface area contributed by atoms with Gasteiger partial charge in [0.2, 0.25) is 5.89 Å². The van der Waals surface area contributed by atoms with E-state index in [0.29, 0.717) is 28.9 Å². The van der Waals surface area contributed by atoms with Crippen LogP contribution in [0.3, 0.4) is 0 Å². The quantitative estimate of drug-likeness (QED) is 0.198. The van der Waals surface area contributed by atoms with Crippen molar-refractivity contribution in [1.82, 2.24) is 19.9 Å². The first kappa shape index (κ1) is 26.0. The van der Waals surface area contributed by atoms with Crippen molar-refractivity contribution < 1.29 is 8.83 Å². The maximum absolute atomic E-state index is 6.41. The molecule has 0 radical (unpaired) electrons. The maximum atomic E-state index is 6.41. The van der Waals surface area contributed by atoms with E-state index in [-0.39, 0.29) is 0 Å². The summed E-state index contributed by atoms with van der Waals surface area (Å²) in [5.41, 5.74) is 8.60. The lowest BCUT2D eigenvalue weighted by molar-refractivity contribution is 0.621. The smallest absolute Gasteiger partial charge is 0.227 e. The van der Waals surface area contributed by atoms with E-state index >= 15 is 0 Å². The predicted octanol–water partition coefficient (Wildman–Crippen LogP) is 10.2. The molecule has 0 atom stereocenters. The third-order valence-corrected chi connectivity index (χ3v) is 8.20. The van der Waals surface area contributed by atoms with Gasteiger partial charge in [-0.05, 0) is 48.0 Å². The zero-order valence-electron chi connectivity index (χ0n) is 24.5. The first-order valence-corrected chi connectivity index (χ1v) is 15.1. The van der Waals surface area contributed by atoms with Gasteiger partial charge in [-0.1, -0.05) is 103 Å². The average Bonchev–Trinajstić information content (AvgIpc) is 3.74. The third kappa shape index (κ3) is 4.43. The zero-order valence-corrected chi connectivity index (χ0v) is 24.5. The molecule has 0 spiro atoms. The van der Waals surface area contributed by atoms with Crippen LogP contribution in [0, 0.1) is 0 Å². The lowest BCUT2D eigenvalue weighted by Crippen LogP contribution is -2.01. The Morgan fingerprint density at radius 1 is 0.370 bits per heavy atom. The van der Waals surface area contributed by atoms with Crippen LogP contribution in [-0.2, 0) is 0 Å². The second-order valence-electron chi connectivity index (χ2n) is 11.1. The predicted molar refractivity (Wildman–Crippen MR) is 182 cm³/mol. The van der Waals surface area contributed by atoms with Crippen molar-refractivity contribution in [2.45, 2.75) is 0 Å². The van der Waals surface area contributed by atoms with Crippen molar-refractivity contribution in [3.8, 4) is 56.7 Å². The maximum Gasteiger partial charge on any atom is 0.227 e. The Morgan fingerprint density at radius 3 is 1.83 bits per heavy atom. The van der Waals surface area contributed by atoms with E-state index in [9.17, 15) is 0 Å². The Kier molecular flexibility index (Phi) is 6.03. The molecule has 216 valence electrons. The SMILES string of the molecule is c1ccc(-c2nc(-c3ccc4oc5ccccc5c4c3)nc(-c3ccccc3-c3cccc4nc(-c5ccccc5)oc34)n2)cc1. The molecule has 0 aliphatic heterocycles. The molecule has 0 amide bonds. The van der Waals surface area contributed by atoms with Crippen molar-refractivity contribution in [2.24, 2.45) is 0 Å². The number of aromatic nitrogens is 4. The summed E-state index contributed by atoms with van der Waals surface area (Å²) in [6.45, 7) is 0. The third-order valence-electron chi connectivity index (χ3n) is 8.20. The van der Waals surface area contributed by atoms with Gasteiger partial charge in [-0.15, -0.1) is 0 Å². The first-order valence-electron chi connectivity index (χ1n) is 15.1. The van der Waals surface area contributed by atoms with Gasteiger partial charge in [-0.25, -0.2) is 19.9 Å². The van der Waals surface area contributed by atoms with Crippen LogP contribution in [0.25, 0.3) is 89.8 Å². The second-order valence-corrected chi connectivity index (χ2v) is 11.1. The summed E-state index contributed by atoms with van der Waals surface area (Å²) in [6, 6.07) is 48.3. The first-order chi connectivity index (χ1) is 22.8. The highest BCUT2D eigenvalue weighted by atomic mass is 16.3. The van der Waals surface area contributed by atoms with E-state index in [2.05, 4.69) is 24.3 Å². The Morgan fingerprint density at radius 2 is 1.00 bits per heavy atom. The molecule has 9 rings (SSSR count). The lowest BCUT2D eigenvalue weighted by atomic mass is 9.98. The number of hydrogen-bond donors (Lipinski definition) is 0. The molecule has 0 bridgehead atoms. The zero-order chi connectivity index (χ0) is 30.5. The topological polar surface area (TPSA) is 77.8 Å². The van der Waals surface area contributed by atoms with Crippen molar-refractivity contribution >= 4 is 33.0 Å². The number of furan rings is 1. The van der Waals surface area contributed by atoms with Gasteiger partial charge >= 0.3 is 0 Å². The summed E-state index contributed by atoms with van der Waals surface area (Å²) in [6.07, 6.45) is 0. The molecular formula is C40H24N4O2. The molecule has 6 nitrogen and oxygen atoms in total. The highest BCUT2D eigenvalue weighted by Gasteiger charge is 2.19. The Balaban J connectivity index is 1.24. The fourth-order valence-electron chi connectivity index (χ4n) is 5.99. The summed E-state index contributed by atoms with van der Waals surface area (Å²) < 4.78 is 12.5. The molecule has 6 aromatic carbocycles. The molecule has 0 unspecified atom stereocenters. The largest absolute Gasteiger partial charge is 0.456 e. The van der Waals surface area contributed by atoms with Crippen LogP contribution < -0.4 is 0 Å². The van der Waals surface area contributed by atoms with Crippen molar-refractivity contribution in [3.63, 3.8) is 0 Å². The number of nitrogens with zero attached hydrogens (tertiary/aromatic N) is 4. The standard InChI is InChI=1S/C40H24N4O2/c1-3-12-25(13-4-1)37-42-38(27-22-23-35-32(24-27)29-17-9-10-21-34(29)45-35)44-39(43-37)31-18-8-7-16-28(31)30-19-11-20-33-36(30)46-40(41-33)26-14-5-2-6-15-26/h1-24H. The second kappa shape index (κ2) is 10.6. The summed E-state index contributed by atoms with van der Waals surface area (Å²) in [5.74, 6) is 2.32. The van der Waals surface area contributed by atoms with Gasteiger partial charge in [0.15, 0.2) is 23.1 Å². The molecule has 0 N–H and O–H groups in total. The molecule has 0 saturated carbocycles. The number of fused-ring (bicyclic) bond motifs is 4. The van der Waals surface area contributed by atoms with Gasteiger partial charge in [0.05, 0.1) is 0 Å². The van der Waals surface area contributed by atoms with Crippen LogP contribution in [0.15, 0.2) is 154 Å². The van der Waals surface area contributed by atoms with Gasteiger partial charge in [-0.2, -0.15) is 0 Å². The minimum atomic E-state index is 0.566. The molecule has 6 heteroatoms. The minimum Gasteiger partial charge on any atom is -0.456 e. The molecule has 0 fully saturated rings. The molecule has 0 aliphatic rings. The minimum absolute atomic E-state index is 0.566. The van der Waals surface area contributed by atoms with Crippen LogP contribution >= 0.6 is 0 Å². The summed E-state index contributed by atoms with van der Waals surface area (Å²) in [7, 11) is 0. The van der Waals surface area contributed by atoms with Gasteiger partial charge in [0, 0.05) is 38.6 Å². The van der Waals surface area contributed by atoms with E-state index in [4.69, 9.17) is 28.8 Å². The average molecular weight is 593 g/mol. The van der Waals surface area contributed by atoms with Gasteiger partial charge in [-0.3, -0.25) is 0 Å². The molecule has 0 saturated heterocycles. The fourth-order valence-corrected chi connectivity index (χ4v) is 5.99. The van der Waals surface area contributed by atoms with Gasteiger partial charge < -0.3 is 8.83 Å². The van der Waals surface area contributed by atoms with Crippen LogP contribution in [0.4, 0.5) is 0 Å².